The number of aliphatic imine (C=N–C) groups is 1. The molecule has 0 bridgehead atoms. The van der Waals surface area contributed by atoms with Gasteiger partial charge in [-0.15, -0.1) is 0 Å². The highest BCUT2D eigenvalue weighted by Crippen LogP contribution is 2.32. The number of aromatic amines is 1. The number of carbonyl (C=O) groups is 2. The van der Waals surface area contributed by atoms with Gasteiger partial charge >= 0.3 is 5.97 Å². The second kappa shape index (κ2) is 9.26. The molecule has 4 rings (SSSR count). The molecule has 1 aliphatic heterocycles. The van der Waals surface area contributed by atoms with E-state index in [2.05, 4.69) is 9.98 Å². The van der Waals surface area contributed by atoms with Gasteiger partial charge in [0.1, 0.15) is 11.0 Å². The quantitative estimate of drug-likeness (QED) is 0.567. The summed E-state index contributed by atoms with van der Waals surface area (Å²) in [5.74, 6) is 0.253. The lowest BCUT2D eigenvalue weighted by molar-refractivity contribution is -0.142. The van der Waals surface area contributed by atoms with E-state index in [9.17, 15) is 9.59 Å². The Morgan fingerprint density at radius 3 is 2.74 bits per heavy atom. The summed E-state index contributed by atoms with van der Waals surface area (Å²) in [6.45, 7) is 0.458. The lowest BCUT2D eigenvalue weighted by Crippen LogP contribution is -2.34. The van der Waals surface area contributed by atoms with Crippen LogP contribution in [0.2, 0.25) is 0 Å². The largest absolute Gasteiger partial charge is 0.497 e. The number of ether oxygens (including phenoxy) is 2. The SMILES string of the molecule is COC(=O)CC1SC(=Nc2ccccc2)N(CCc2c[nH]c3ccc(OC)cc23)C1=O. The maximum atomic E-state index is 13.1. The van der Waals surface area contributed by atoms with Gasteiger partial charge in [0.05, 0.1) is 26.3 Å². The minimum absolute atomic E-state index is 0.0224. The van der Waals surface area contributed by atoms with Gasteiger partial charge in [-0.1, -0.05) is 30.0 Å². The second-order valence-electron chi connectivity index (χ2n) is 7.08. The first-order chi connectivity index (χ1) is 15.1. The van der Waals surface area contributed by atoms with Crippen molar-refractivity contribution >= 4 is 45.4 Å². The van der Waals surface area contributed by atoms with Gasteiger partial charge in [-0.2, -0.15) is 0 Å². The molecule has 160 valence electrons. The number of aromatic nitrogens is 1. The smallest absolute Gasteiger partial charge is 0.307 e. The van der Waals surface area contributed by atoms with Crippen LogP contribution in [0.5, 0.6) is 5.75 Å². The number of amidine groups is 1. The highest BCUT2D eigenvalue weighted by atomic mass is 32.2. The lowest BCUT2D eigenvalue weighted by Gasteiger charge is -2.16. The number of hydrogen-bond donors (Lipinski definition) is 1. The van der Waals surface area contributed by atoms with Crippen LogP contribution in [0.3, 0.4) is 0 Å². The Morgan fingerprint density at radius 1 is 1.19 bits per heavy atom. The molecule has 2 heterocycles. The highest BCUT2D eigenvalue weighted by molar-refractivity contribution is 8.15. The monoisotopic (exact) mass is 437 g/mol. The summed E-state index contributed by atoms with van der Waals surface area (Å²) in [5.41, 5.74) is 2.86. The number of para-hydroxylation sites is 1. The lowest BCUT2D eigenvalue weighted by atomic mass is 10.1. The van der Waals surface area contributed by atoms with Crippen LogP contribution in [-0.2, 0) is 20.7 Å². The first-order valence-electron chi connectivity index (χ1n) is 9.91. The molecule has 1 unspecified atom stereocenters. The highest BCUT2D eigenvalue weighted by Gasteiger charge is 2.39. The number of esters is 1. The zero-order valence-corrected chi connectivity index (χ0v) is 18.1. The number of benzene rings is 2. The predicted octanol–water partition coefficient (Wildman–Crippen LogP) is 3.91. The van der Waals surface area contributed by atoms with Gasteiger partial charge in [0.15, 0.2) is 5.17 Å². The van der Waals surface area contributed by atoms with Crippen molar-refractivity contribution in [2.45, 2.75) is 18.1 Å². The summed E-state index contributed by atoms with van der Waals surface area (Å²) in [5, 5.41) is 1.13. The molecular weight excluding hydrogens is 414 g/mol. The first kappa shape index (κ1) is 21.0. The van der Waals surface area contributed by atoms with Crippen molar-refractivity contribution in [1.82, 2.24) is 9.88 Å². The molecule has 1 amide bonds. The number of rotatable bonds is 7. The summed E-state index contributed by atoms with van der Waals surface area (Å²) < 4.78 is 10.1. The van der Waals surface area contributed by atoms with E-state index >= 15 is 0 Å². The maximum absolute atomic E-state index is 13.1. The molecule has 0 spiro atoms. The Kier molecular flexibility index (Phi) is 6.27. The third-order valence-corrected chi connectivity index (χ3v) is 6.34. The number of nitrogens with zero attached hydrogens (tertiary/aromatic N) is 2. The van der Waals surface area contributed by atoms with Gasteiger partial charge in [-0.25, -0.2) is 4.99 Å². The molecule has 1 saturated heterocycles. The van der Waals surface area contributed by atoms with Crippen LogP contribution < -0.4 is 4.74 Å². The van der Waals surface area contributed by atoms with Gasteiger partial charge in [-0.05, 0) is 42.3 Å². The Labute approximate surface area is 184 Å². The van der Waals surface area contributed by atoms with Crippen molar-refractivity contribution in [1.29, 1.82) is 0 Å². The number of thioether (sulfide) groups is 1. The third kappa shape index (κ3) is 4.59. The van der Waals surface area contributed by atoms with Crippen LogP contribution >= 0.6 is 11.8 Å². The van der Waals surface area contributed by atoms with Gasteiger partial charge in [-0.3, -0.25) is 14.5 Å². The van der Waals surface area contributed by atoms with Crippen molar-refractivity contribution in [2.24, 2.45) is 4.99 Å². The number of H-pyrrole nitrogens is 1. The molecule has 0 saturated carbocycles. The van der Waals surface area contributed by atoms with Crippen molar-refractivity contribution < 1.29 is 19.1 Å². The van der Waals surface area contributed by atoms with Crippen molar-refractivity contribution in [3.05, 3.63) is 60.3 Å². The van der Waals surface area contributed by atoms with E-state index < -0.39 is 11.2 Å². The summed E-state index contributed by atoms with van der Waals surface area (Å²) in [4.78, 5) is 34.4. The number of amides is 1. The van der Waals surface area contributed by atoms with E-state index in [-0.39, 0.29) is 12.3 Å². The number of nitrogens with one attached hydrogen (secondary N) is 1. The van der Waals surface area contributed by atoms with Crippen LogP contribution in [0, 0.1) is 0 Å². The summed E-state index contributed by atoms with van der Waals surface area (Å²) in [6, 6.07) is 15.4. The second-order valence-corrected chi connectivity index (χ2v) is 8.25. The molecule has 1 fully saturated rings. The van der Waals surface area contributed by atoms with Gasteiger partial charge in [0, 0.05) is 23.6 Å². The minimum Gasteiger partial charge on any atom is -0.497 e. The van der Waals surface area contributed by atoms with E-state index in [1.807, 2.05) is 54.7 Å². The number of fused-ring (bicyclic) bond motifs is 1. The molecule has 0 aliphatic carbocycles. The van der Waals surface area contributed by atoms with Gasteiger partial charge in [0.25, 0.3) is 0 Å². The molecule has 31 heavy (non-hydrogen) atoms. The molecule has 1 N–H and O–H groups in total. The summed E-state index contributed by atoms with van der Waals surface area (Å²) in [7, 11) is 2.97. The van der Waals surface area contributed by atoms with Gasteiger partial charge in [0.2, 0.25) is 5.91 Å². The fraction of sp³-hybridized carbons (Fsp3) is 0.261. The number of methoxy groups -OCH3 is 2. The maximum Gasteiger partial charge on any atom is 0.307 e. The Balaban J connectivity index is 1.58. The Bertz CT molecular complexity index is 1130. The summed E-state index contributed by atoms with van der Waals surface area (Å²) in [6.07, 6.45) is 2.62. The Hall–Kier alpha value is -3.26. The molecule has 0 radical (unpaired) electrons. The fourth-order valence-electron chi connectivity index (χ4n) is 3.50. The minimum atomic E-state index is -0.530. The van der Waals surface area contributed by atoms with E-state index in [4.69, 9.17) is 9.47 Å². The normalized spacial score (nSPS) is 17.5. The van der Waals surface area contributed by atoms with Crippen LogP contribution in [-0.4, -0.2) is 52.9 Å². The van der Waals surface area contributed by atoms with Gasteiger partial charge < -0.3 is 14.5 Å². The van der Waals surface area contributed by atoms with Crippen molar-refractivity contribution in [2.75, 3.05) is 20.8 Å². The van der Waals surface area contributed by atoms with Crippen LogP contribution in [0.1, 0.15) is 12.0 Å². The molecule has 1 aliphatic rings. The van der Waals surface area contributed by atoms with Crippen LogP contribution in [0.25, 0.3) is 10.9 Å². The topological polar surface area (TPSA) is 84.0 Å². The first-order valence-corrected chi connectivity index (χ1v) is 10.8. The van der Waals surface area contributed by atoms with E-state index in [1.165, 1.54) is 18.9 Å². The third-order valence-electron chi connectivity index (χ3n) is 5.16. The number of carbonyl (C=O) groups excluding carboxylic acids is 2. The Morgan fingerprint density at radius 2 is 2.00 bits per heavy atom. The van der Waals surface area contributed by atoms with Crippen LogP contribution in [0.15, 0.2) is 59.7 Å². The molecule has 3 aromatic rings. The summed E-state index contributed by atoms with van der Waals surface area (Å²) >= 11 is 1.31. The van der Waals surface area contributed by atoms with E-state index in [1.54, 1.807) is 12.0 Å². The zero-order chi connectivity index (χ0) is 21.8. The fourth-order valence-corrected chi connectivity index (χ4v) is 4.67. The molecule has 2 aromatic carbocycles. The number of hydrogen-bond acceptors (Lipinski definition) is 6. The standard InChI is InChI=1S/C23H23N3O4S/c1-29-17-8-9-19-18(12-17)15(14-24-19)10-11-26-22(28)20(13-21(27)30-2)31-23(26)25-16-6-4-3-5-7-16/h3-9,12,14,20,24H,10-11,13H2,1-2H3. The molecule has 1 aromatic heterocycles. The predicted molar refractivity (Wildman–Crippen MR) is 122 cm³/mol. The zero-order valence-electron chi connectivity index (χ0n) is 17.3. The molecule has 1 atom stereocenters. The van der Waals surface area contributed by atoms with E-state index in [0.29, 0.717) is 18.1 Å². The average molecular weight is 438 g/mol. The average Bonchev–Trinajstić information content (AvgIpc) is 3.33. The molecular formula is C23H23N3O4S. The molecule has 7 nitrogen and oxygen atoms in total. The van der Waals surface area contributed by atoms with Crippen molar-refractivity contribution in [3.8, 4) is 5.75 Å². The van der Waals surface area contributed by atoms with E-state index in [0.717, 1.165) is 27.9 Å². The molecule has 8 heteroatoms. The van der Waals surface area contributed by atoms with Crippen LogP contribution in [0.4, 0.5) is 5.69 Å². The van der Waals surface area contributed by atoms with Crippen molar-refractivity contribution in [3.63, 3.8) is 0 Å².